The fourth-order valence-electron chi connectivity index (χ4n) is 4.20. The standard InChI is InChI=1S/C25H19F6N3O8S2/c26-24(27,28)14-4-3-5-17(10-14)44(40,41)34-13-16(42-20-9-8-15(11-19(20)34)32-23(36)37)12-22(35)33-43(38,39)21-7-2-1-6-18(21)25(29,30)31/h1-11,16,32H,12-13H2,(H,33,35)(H,36,37). The topological polar surface area (TPSA) is 159 Å². The number of nitrogens with one attached hydrogen (secondary N) is 2. The third-order valence-electron chi connectivity index (χ3n) is 6.03. The van der Waals surface area contributed by atoms with Crippen molar-refractivity contribution in [2.45, 2.75) is 34.7 Å². The van der Waals surface area contributed by atoms with E-state index in [-0.39, 0.29) is 17.1 Å². The summed E-state index contributed by atoms with van der Waals surface area (Å²) in [5.41, 5.74) is -3.34. The zero-order valence-electron chi connectivity index (χ0n) is 21.7. The van der Waals surface area contributed by atoms with Gasteiger partial charge in [-0.3, -0.25) is 14.4 Å². The van der Waals surface area contributed by atoms with Gasteiger partial charge in [0.15, 0.2) is 0 Å². The van der Waals surface area contributed by atoms with Crippen LogP contribution in [-0.4, -0.2) is 46.6 Å². The summed E-state index contributed by atoms with van der Waals surface area (Å²) >= 11 is 0. The summed E-state index contributed by atoms with van der Waals surface area (Å²) in [7, 11) is -9.95. The second-order valence-electron chi connectivity index (χ2n) is 9.14. The zero-order chi connectivity index (χ0) is 32.7. The first-order valence-corrected chi connectivity index (χ1v) is 14.9. The first kappa shape index (κ1) is 32.4. The molecular weight excluding hydrogens is 648 g/mol. The molecule has 19 heteroatoms. The van der Waals surface area contributed by atoms with Crippen molar-refractivity contribution in [1.29, 1.82) is 0 Å². The fraction of sp³-hybridized carbons (Fsp3) is 0.200. The number of nitrogens with zero attached hydrogens (tertiary/aromatic N) is 1. The Morgan fingerprint density at radius 1 is 0.909 bits per heavy atom. The van der Waals surface area contributed by atoms with Gasteiger partial charge in [0.1, 0.15) is 11.9 Å². The molecule has 1 unspecified atom stereocenters. The molecule has 0 radical (unpaired) electrons. The first-order chi connectivity index (χ1) is 20.3. The van der Waals surface area contributed by atoms with E-state index >= 15 is 0 Å². The van der Waals surface area contributed by atoms with Crippen LogP contribution in [0.2, 0.25) is 0 Å². The van der Waals surface area contributed by atoms with Crippen molar-refractivity contribution in [2.75, 3.05) is 16.2 Å². The highest BCUT2D eigenvalue weighted by atomic mass is 32.2. The van der Waals surface area contributed by atoms with Crippen LogP contribution < -0.4 is 19.1 Å². The Morgan fingerprint density at radius 3 is 2.23 bits per heavy atom. The van der Waals surface area contributed by atoms with Crippen LogP contribution in [-0.2, 0) is 37.2 Å². The van der Waals surface area contributed by atoms with Crippen LogP contribution in [0, 0.1) is 0 Å². The van der Waals surface area contributed by atoms with E-state index in [1.54, 1.807) is 0 Å². The van der Waals surface area contributed by atoms with E-state index in [0.29, 0.717) is 28.6 Å². The number of hydrogen-bond donors (Lipinski definition) is 3. The van der Waals surface area contributed by atoms with Crippen molar-refractivity contribution < 1.29 is 62.6 Å². The molecule has 0 aliphatic carbocycles. The van der Waals surface area contributed by atoms with Crippen LogP contribution in [0.15, 0.2) is 76.5 Å². The highest BCUT2D eigenvalue weighted by Gasteiger charge is 2.40. The predicted octanol–water partition coefficient (Wildman–Crippen LogP) is 4.67. The Balaban J connectivity index is 1.68. The molecule has 0 saturated heterocycles. The van der Waals surface area contributed by atoms with Crippen molar-refractivity contribution in [3.8, 4) is 5.75 Å². The lowest BCUT2D eigenvalue weighted by molar-refractivity contribution is -0.140. The van der Waals surface area contributed by atoms with Gasteiger partial charge in [-0.25, -0.2) is 26.4 Å². The van der Waals surface area contributed by atoms with Gasteiger partial charge in [0.2, 0.25) is 5.91 Å². The SMILES string of the molecule is O=C(O)Nc1ccc2c(c1)N(S(=O)(=O)c1cccc(C(F)(F)F)c1)CC(CC(=O)NS(=O)(=O)c1ccccc1C(F)(F)F)O2. The maximum atomic E-state index is 13.6. The number of alkyl halides is 6. The van der Waals surface area contributed by atoms with Gasteiger partial charge in [-0.05, 0) is 48.5 Å². The van der Waals surface area contributed by atoms with Crippen molar-refractivity contribution in [2.24, 2.45) is 0 Å². The van der Waals surface area contributed by atoms with E-state index in [1.165, 1.54) is 4.72 Å². The number of anilines is 2. The monoisotopic (exact) mass is 667 g/mol. The molecule has 4 rings (SSSR count). The van der Waals surface area contributed by atoms with E-state index in [1.807, 2.05) is 5.32 Å². The molecule has 44 heavy (non-hydrogen) atoms. The number of fused-ring (bicyclic) bond motifs is 1. The van der Waals surface area contributed by atoms with Gasteiger partial charge in [-0.1, -0.05) is 18.2 Å². The van der Waals surface area contributed by atoms with Crippen molar-refractivity contribution in [1.82, 2.24) is 4.72 Å². The van der Waals surface area contributed by atoms with Gasteiger partial charge in [-0.15, -0.1) is 0 Å². The van der Waals surface area contributed by atoms with Gasteiger partial charge in [-0.2, -0.15) is 26.3 Å². The Bertz CT molecular complexity index is 1830. The zero-order valence-corrected chi connectivity index (χ0v) is 23.3. The maximum Gasteiger partial charge on any atom is 0.417 e. The molecule has 1 atom stereocenters. The molecule has 0 aromatic heterocycles. The van der Waals surface area contributed by atoms with Gasteiger partial charge in [0.05, 0.1) is 39.6 Å². The Kier molecular flexibility index (Phi) is 8.49. The number of amides is 2. The Hall–Kier alpha value is -4.52. The smallest absolute Gasteiger partial charge is 0.417 e. The number of carbonyl (C=O) groups is 2. The molecule has 1 aliphatic heterocycles. The number of ether oxygens (including phenoxy) is 1. The molecule has 0 fully saturated rings. The molecule has 0 spiro atoms. The molecule has 3 aromatic rings. The number of carboxylic acid groups (broad SMARTS) is 1. The Labute approximate surface area is 245 Å². The van der Waals surface area contributed by atoms with Crippen LogP contribution in [0.25, 0.3) is 0 Å². The van der Waals surface area contributed by atoms with E-state index in [0.717, 1.165) is 42.5 Å². The molecule has 1 heterocycles. The third-order valence-corrected chi connectivity index (χ3v) is 9.24. The van der Waals surface area contributed by atoms with Crippen LogP contribution in [0.1, 0.15) is 17.5 Å². The summed E-state index contributed by atoms with van der Waals surface area (Å²) in [4.78, 5) is 21.7. The minimum absolute atomic E-state index is 0.158. The molecule has 1 aliphatic rings. The van der Waals surface area contributed by atoms with E-state index < -0.39 is 84.4 Å². The Morgan fingerprint density at radius 2 is 1.59 bits per heavy atom. The van der Waals surface area contributed by atoms with E-state index in [2.05, 4.69) is 0 Å². The summed E-state index contributed by atoms with van der Waals surface area (Å²) < 4.78 is 140. The van der Waals surface area contributed by atoms with Crippen LogP contribution in [0.3, 0.4) is 0 Å². The number of benzene rings is 3. The van der Waals surface area contributed by atoms with Gasteiger partial charge in [0, 0.05) is 5.69 Å². The lowest BCUT2D eigenvalue weighted by Crippen LogP contribution is -2.46. The average molecular weight is 668 g/mol. The normalized spacial score (nSPS) is 15.6. The predicted molar refractivity (Wildman–Crippen MR) is 140 cm³/mol. The summed E-state index contributed by atoms with van der Waals surface area (Å²) in [5.74, 6) is -1.68. The van der Waals surface area contributed by atoms with Crippen molar-refractivity contribution in [3.63, 3.8) is 0 Å². The molecule has 0 saturated carbocycles. The largest absolute Gasteiger partial charge is 0.486 e. The molecule has 236 valence electrons. The molecule has 11 nitrogen and oxygen atoms in total. The summed E-state index contributed by atoms with van der Waals surface area (Å²) in [5, 5.41) is 11.0. The minimum atomic E-state index is -5.09. The third kappa shape index (κ3) is 6.99. The summed E-state index contributed by atoms with van der Waals surface area (Å²) in [6.07, 6.45) is -14.0. The lowest BCUT2D eigenvalue weighted by atomic mass is 10.1. The molecule has 3 N–H and O–H groups in total. The van der Waals surface area contributed by atoms with Crippen molar-refractivity contribution in [3.05, 3.63) is 77.9 Å². The highest BCUT2D eigenvalue weighted by molar-refractivity contribution is 7.92. The number of halogens is 6. The number of rotatable bonds is 7. The van der Waals surface area contributed by atoms with E-state index in [4.69, 9.17) is 9.84 Å². The molecule has 3 aromatic carbocycles. The van der Waals surface area contributed by atoms with Crippen LogP contribution in [0.5, 0.6) is 5.75 Å². The van der Waals surface area contributed by atoms with Gasteiger partial charge < -0.3 is 9.84 Å². The van der Waals surface area contributed by atoms with Gasteiger partial charge in [0.25, 0.3) is 20.0 Å². The lowest BCUT2D eigenvalue weighted by Gasteiger charge is -2.35. The summed E-state index contributed by atoms with van der Waals surface area (Å²) in [6, 6.07) is 8.98. The number of sulfonamides is 2. The van der Waals surface area contributed by atoms with Crippen LogP contribution in [0.4, 0.5) is 42.5 Å². The second kappa shape index (κ2) is 11.5. The summed E-state index contributed by atoms with van der Waals surface area (Å²) in [6.45, 7) is -0.797. The average Bonchev–Trinajstić information content (AvgIpc) is 2.91. The molecular formula is C25H19F6N3O8S2. The van der Waals surface area contributed by atoms with Gasteiger partial charge >= 0.3 is 18.4 Å². The quantitative estimate of drug-likeness (QED) is 0.307. The van der Waals surface area contributed by atoms with Crippen molar-refractivity contribution >= 4 is 43.4 Å². The maximum absolute atomic E-state index is 13.6. The minimum Gasteiger partial charge on any atom is -0.486 e. The van der Waals surface area contributed by atoms with E-state index in [9.17, 15) is 52.8 Å². The number of carbonyl (C=O) groups excluding carboxylic acids is 1. The van der Waals surface area contributed by atoms with Crippen LogP contribution >= 0.6 is 0 Å². The highest BCUT2D eigenvalue weighted by Crippen LogP contribution is 2.40. The first-order valence-electron chi connectivity index (χ1n) is 12.0. The fourth-order valence-corrected chi connectivity index (χ4v) is 6.96. The number of hydrogen-bond acceptors (Lipinski definition) is 7. The molecule has 2 amide bonds. The second-order valence-corrected chi connectivity index (χ2v) is 12.7. The molecule has 0 bridgehead atoms.